The largest absolute Gasteiger partial charge is 0.271 e. The van der Waals surface area contributed by atoms with Crippen molar-refractivity contribution in [1.29, 1.82) is 0 Å². The third-order valence-corrected chi connectivity index (χ3v) is 3.18. The third-order valence-electron chi connectivity index (χ3n) is 3.18. The summed E-state index contributed by atoms with van der Waals surface area (Å²) in [7, 11) is 0. The van der Waals surface area contributed by atoms with Gasteiger partial charge in [0.05, 0.1) is 0 Å². The molecule has 3 N–H and O–H groups in total. The summed E-state index contributed by atoms with van der Waals surface area (Å²) in [6.45, 7) is 6.82. The lowest BCUT2D eigenvalue weighted by molar-refractivity contribution is 0.264. The molecule has 0 aromatic heterocycles. The Morgan fingerprint density at radius 3 is 2.36 bits per heavy atom. The van der Waals surface area contributed by atoms with E-state index < -0.39 is 0 Å². The molecule has 1 rings (SSSR count). The maximum absolute atomic E-state index is 5.53. The third kappa shape index (κ3) is 1.74. The summed E-state index contributed by atoms with van der Waals surface area (Å²) in [5, 5.41) is 0. The second-order valence-electron chi connectivity index (χ2n) is 4.18. The summed E-state index contributed by atoms with van der Waals surface area (Å²) in [5.41, 5.74) is 3.46. The molecule has 0 aliphatic heterocycles. The molecule has 1 aliphatic carbocycles. The second kappa shape index (κ2) is 3.11. The van der Waals surface area contributed by atoms with Crippen molar-refractivity contribution in [2.24, 2.45) is 17.2 Å². The Hall–Kier alpha value is -0.0800. The topological polar surface area (TPSA) is 38.0 Å². The first kappa shape index (κ1) is 9.01. The molecule has 0 aromatic rings. The number of hydrazine groups is 1. The Kier molecular flexibility index (Phi) is 2.55. The van der Waals surface area contributed by atoms with Gasteiger partial charge in [0.2, 0.25) is 0 Å². The van der Waals surface area contributed by atoms with E-state index >= 15 is 0 Å². The van der Waals surface area contributed by atoms with Gasteiger partial charge in [0, 0.05) is 6.04 Å². The van der Waals surface area contributed by atoms with Crippen LogP contribution in [0.1, 0.15) is 40.0 Å². The minimum absolute atomic E-state index is 0.504. The molecular formula is C9H20N2. The predicted octanol–water partition coefficient (Wildman–Crippen LogP) is 1.66. The molecule has 0 aromatic carbocycles. The van der Waals surface area contributed by atoms with Crippen LogP contribution >= 0.6 is 0 Å². The maximum atomic E-state index is 5.53. The average Bonchev–Trinajstić information content (AvgIpc) is 2.70. The highest BCUT2D eigenvalue weighted by atomic mass is 15.2. The lowest BCUT2D eigenvalue weighted by Crippen LogP contribution is -2.45. The highest BCUT2D eigenvalue weighted by Gasteiger charge is 2.45. The van der Waals surface area contributed by atoms with Gasteiger partial charge >= 0.3 is 0 Å². The fraction of sp³-hybridized carbons (Fsp3) is 1.00. The Balaban J connectivity index is 2.49. The van der Waals surface area contributed by atoms with Crippen molar-refractivity contribution in [3.63, 3.8) is 0 Å². The average molecular weight is 156 g/mol. The fourth-order valence-electron chi connectivity index (χ4n) is 1.80. The molecule has 0 radical (unpaired) electrons. The molecule has 0 heterocycles. The first-order chi connectivity index (χ1) is 5.14. The van der Waals surface area contributed by atoms with Gasteiger partial charge in [-0.15, -0.1) is 0 Å². The van der Waals surface area contributed by atoms with Gasteiger partial charge in [-0.2, -0.15) is 0 Å². The van der Waals surface area contributed by atoms with Crippen LogP contribution < -0.4 is 11.3 Å². The summed E-state index contributed by atoms with van der Waals surface area (Å²) in [6, 6.07) is 0.521. The van der Waals surface area contributed by atoms with Crippen LogP contribution in [-0.4, -0.2) is 6.04 Å². The monoisotopic (exact) mass is 156 g/mol. The molecule has 2 atom stereocenters. The molecule has 2 unspecified atom stereocenters. The van der Waals surface area contributed by atoms with Gasteiger partial charge in [-0.25, -0.2) is 0 Å². The molecule has 1 fully saturated rings. The zero-order valence-corrected chi connectivity index (χ0v) is 7.85. The normalized spacial score (nSPS) is 26.2. The van der Waals surface area contributed by atoms with E-state index in [1.165, 1.54) is 19.3 Å². The zero-order valence-electron chi connectivity index (χ0n) is 7.85. The van der Waals surface area contributed by atoms with Gasteiger partial charge in [0.25, 0.3) is 0 Å². The standard InChI is InChI=1S/C9H20N2/c1-4-7(2)8(11-10)9(3)5-6-9/h7-8,11H,4-6,10H2,1-3H3. The van der Waals surface area contributed by atoms with Gasteiger partial charge in [-0.1, -0.05) is 27.2 Å². The molecule has 1 saturated carbocycles. The zero-order chi connectivity index (χ0) is 8.48. The van der Waals surface area contributed by atoms with Gasteiger partial charge in [-0.3, -0.25) is 11.3 Å². The summed E-state index contributed by atoms with van der Waals surface area (Å²) in [6.07, 6.45) is 3.89. The summed E-state index contributed by atoms with van der Waals surface area (Å²) in [4.78, 5) is 0. The Morgan fingerprint density at radius 1 is 1.55 bits per heavy atom. The van der Waals surface area contributed by atoms with E-state index in [0.717, 1.165) is 0 Å². The molecule has 2 nitrogen and oxygen atoms in total. The number of nitrogens with one attached hydrogen (secondary N) is 1. The Bertz CT molecular complexity index is 130. The van der Waals surface area contributed by atoms with Crippen molar-refractivity contribution in [1.82, 2.24) is 5.43 Å². The van der Waals surface area contributed by atoms with E-state index in [9.17, 15) is 0 Å². The quantitative estimate of drug-likeness (QED) is 0.480. The van der Waals surface area contributed by atoms with Crippen molar-refractivity contribution in [3.8, 4) is 0 Å². The molecule has 1 aliphatic rings. The Morgan fingerprint density at radius 2 is 2.09 bits per heavy atom. The molecule has 11 heavy (non-hydrogen) atoms. The first-order valence-electron chi connectivity index (χ1n) is 4.60. The maximum Gasteiger partial charge on any atom is 0.0289 e. The molecule has 0 bridgehead atoms. The van der Waals surface area contributed by atoms with Gasteiger partial charge < -0.3 is 0 Å². The van der Waals surface area contributed by atoms with Crippen LogP contribution in [0.3, 0.4) is 0 Å². The summed E-state index contributed by atoms with van der Waals surface area (Å²) in [5.74, 6) is 6.23. The Labute approximate surface area is 69.5 Å². The van der Waals surface area contributed by atoms with Crippen LogP contribution in [0.25, 0.3) is 0 Å². The minimum atomic E-state index is 0.504. The molecule has 0 amide bonds. The van der Waals surface area contributed by atoms with Crippen LogP contribution in [-0.2, 0) is 0 Å². The van der Waals surface area contributed by atoms with Crippen molar-refractivity contribution in [3.05, 3.63) is 0 Å². The molecule has 0 spiro atoms. The van der Waals surface area contributed by atoms with E-state index in [1.54, 1.807) is 0 Å². The highest BCUT2D eigenvalue weighted by molar-refractivity contribution is 4.99. The van der Waals surface area contributed by atoms with Gasteiger partial charge in [0.1, 0.15) is 0 Å². The molecule has 0 saturated heterocycles. The highest BCUT2D eigenvalue weighted by Crippen LogP contribution is 2.50. The van der Waals surface area contributed by atoms with Crippen molar-refractivity contribution < 1.29 is 0 Å². The number of rotatable bonds is 4. The van der Waals surface area contributed by atoms with Gasteiger partial charge in [-0.05, 0) is 24.2 Å². The molecule has 66 valence electrons. The molecule has 2 heteroatoms. The number of hydrogen-bond donors (Lipinski definition) is 2. The summed E-state index contributed by atoms with van der Waals surface area (Å²) < 4.78 is 0. The van der Waals surface area contributed by atoms with E-state index in [2.05, 4.69) is 26.2 Å². The smallest absolute Gasteiger partial charge is 0.0289 e. The van der Waals surface area contributed by atoms with Crippen LogP contribution in [0.2, 0.25) is 0 Å². The van der Waals surface area contributed by atoms with Crippen LogP contribution in [0.15, 0.2) is 0 Å². The lowest BCUT2D eigenvalue weighted by Gasteiger charge is -2.28. The van der Waals surface area contributed by atoms with E-state index in [0.29, 0.717) is 17.4 Å². The van der Waals surface area contributed by atoms with Crippen molar-refractivity contribution in [2.45, 2.75) is 46.1 Å². The van der Waals surface area contributed by atoms with Crippen LogP contribution in [0.4, 0.5) is 0 Å². The molecular weight excluding hydrogens is 136 g/mol. The van der Waals surface area contributed by atoms with E-state index in [4.69, 9.17) is 5.84 Å². The van der Waals surface area contributed by atoms with E-state index in [-0.39, 0.29) is 0 Å². The van der Waals surface area contributed by atoms with Crippen LogP contribution in [0.5, 0.6) is 0 Å². The minimum Gasteiger partial charge on any atom is -0.271 e. The SMILES string of the molecule is CCC(C)C(NN)C1(C)CC1. The fourth-order valence-corrected chi connectivity index (χ4v) is 1.80. The van der Waals surface area contributed by atoms with Crippen molar-refractivity contribution in [2.75, 3.05) is 0 Å². The second-order valence-corrected chi connectivity index (χ2v) is 4.18. The van der Waals surface area contributed by atoms with Crippen molar-refractivity contribution >= 4 is 0 Å². The predicted molar refractivity (Wildman–Crippen MR) is 47.9 cm³/mol. The lowest BCUT2D eigenvalue weighted by atomic mass is 9.87. The first-order valence-corrected chi connectivity index (χ1v) is 4.60. The number of hydrogen-bond acceptors (Lipinski definition) is 2. The van der Waals surface area contributed by atoms with Gasteiger partial charge in [0.15, 0.2) is 0 Å². The summed E-state index contributed by atoms with van der Waals surface area (Å²) >= 11 is 0. The number of nitrogens with two attached hydrogens (primary N) is 1. The van der Waals surface area contributed by atoms with Crippen LogP contribution in [0, 0.1) is 11.3 Å². The van der Waals surface area contributed by atoms with E-state index in [1.807, 2.05) is 0 Å².